The summed E-state index contributed by atoms with van der Waals surface area (Å²) in [6.45, 7) is 7.55. The molecule has 1 aliphatic rings. The Morgan fingerprint density at radius 2 is 1.86 bits per heavy atom. The predicted molar refractivity (Wildman–Crippen MR) is 176 cm³/mol. The molecule has 0 fully saturated rings. The van der Waals surface area contributed by atoms with Crippen LogP contribution in [0.1, 0.15) is 52.3 Å². The lowest BCUT2D eigenvalue weighted by atomic mass is 10.1. The third kappa shape index (κ3) is 7.02. The normalized spacial score (nSPS) is 12.0. The summed E-state index contributed by atoms with van der Waals surface area (Å²) >= 11 is 0. The van der Waals surface area contributed by atoms with Crippen molar-refractivity contribution in [2.24, 2.45) is 12.8 Å². The molecule has 4 heterocycles. The molecule has 44 heavy (non-hydrogen) atoms. The number of carbonyl (C=O) groups is 1. The van der Waals surface area contributed by atoms with Crippen LogP contribution < -0.4 is 16.4 Å². The summed E-state index contributed by atoms with van der Waals surface area (Å²) < 4.78 is 4.28. The van der Waals surface area contributed by atoms with Gasteiger partial charge in [0.05, 0.1) is 18.6 Å². The van der Waals surface area contributed by atoms with Crippen LogP contribution in [0.25, 0.3) is 21.8 Å². The van der Waals surface area contributed by atoms with Gasteiger partial charge in [-0.1, -0.05) is 44.2 Å². The monoisotopic (exact) mass is 591 g/mol. The van der Waals surface area contributed by atoms with Gasteiger partial charge in [0.1, 0.15) is 5.75 Å². The maximum absolute atomic E-state index is 11.0. The number of carbonyl (C=O) groups excluding carboxylic acids is 1. The third-order valence-electron chi connectivity index (χ3n) is 7.54. The van der Waals surface area contributed by atoms with Crippen LogP contribution in [0.2, 0.25) is 0 Å². The standard InChI is InChI=1S/C25H28N6.C8H7NO2.C2H6/c1-30-15-22(28-17-30)16-31-14-20(8-9-26)23-7-6-18(10-25(23)31)12-27-13-21-11-19-4-2-3-5-24(19)29-21;10-6-1-2-7-5(3-6)4-9-8(7)11;1-2/h2-7,10-11,14-15,17,27,29H,8-9,12-13,16,26H2,1H3;1-3,10H,4H2,(H,9,11);1-2H3. The Morgan fingerprint density at radius 1 is 1.02 bits per heavy atom. The number of benzene rings is 3. The van der Waals surface area contributed by atoms with E-state index in [-0.39, 0.29) is 11.7 Å². The van der Waals surface area contributed by atoms with Gasteiger partial charge in [-0.15, -0.1) is 0 Å². The number of nitrogens with two attached hydrogens (primary N) is 1. The Hall–Kier alpha value is -4.86. The van der Waals surface area contributed by atoms with E-state index in [1.54, 1.807) is 12.1 Å². The van der Waals surface area contributed by atoms with E-state index in [0.717, 1.165) is 37.3 Å². The summed E-state index contributed by atoms with van der Waals surface area (Å²) in [6, 6.07) is 22.1. The van der Waals surface area contributed by atoms with Crippen LogP contribution in [0.15, 0.2) is 85.5 Å². The highest BCUT2D eigenvalue weighted by Gasteiger charge is 2.18. The van der Waals surface area contributed by atoms with Crippen molar-refractivity contribution in [1.82, 2.24) is 29.7 Å². The van der Waals surface area contributed by atoms with Crippen LogP contribution in [0.5, 0.6) is 5.75 Å². The number of aromatic hydroxyl groups is 1. The first-order chi connectivity index (χ1) is 21.5. The summed E-state index contributed by atoms with van der Waals surface area (Å²) in [4.78, 5) is 19.0. The first-order valence-corrected chi connectivity index (χ1v) is 15.1. The molecule has 6 aromatic rings. The predicted octanol–water partition coefficient (Wildman–Crippen LogP) is 5.36. The lowest BCUT2D eigenvalue weighted by Crippen LogP contribution is -2.13. The van der Waals surface area contributed by atoms with Crippen LogP contribution in [0.4, 0.5) is 0 Å². The van der Waals surface area contributed by atoms with Gasteiger partial charge >= 0.3 is 0 Å². The number of para-hydroxylation sites is 1. The van der Waals surface area contributed by atoms with Crippen molar-refractivity contribution >= 4 is 27.7 Å². The van der Waals surface area contributed by atoms with Crippen molar-refractivity contribution in [2.45, 2.75) is 46.4 Å². The number of rotatable bonds is 8. The summed E-state index contributed by atoms with van der Waals surface area (Å²) in [6.07, 6.45) is 7.03. The average Bonchev–Trinajstić information content (AvgIpc) is 3.81. The molecule has 3 aromatic carbocycles. The molecule has 3 aromatic heterocycles. The number of hydrogen-bond donors (Lipinski definition) is 5. The minimum Gasteiger partial charge on any atom is -0.508 e. The molecule has 1 amide bonds. The minimum absolute atomic E-state index is 0.0556. The van der Waals surface area contributed by atoms with E-state index in [2.05, 4.69) is 86.1 Å². The largest absolute Gasteiger partial charge is 0.508 e. The zero-order valence-corrected chi connectivity index (χ0v) is 25.6. The van der Waals surface area contributed by atoms with Gasteiger partial charge in [0.2, 0.25) is 0 Å². The second-order valence-corrected chi connectivity index (χ2v) is 10.7. The smallest absolute Gasteiger partial charge is 0.251 e. The molecule has 0 atom stereocenters. The quantitative estimate of drug-likeness (QED) is 0.163. The molecule has 228 valence electrons. The van der Waals surface area contributed by atoms with Gasteiger partial charge in [-0.25, -0.2) is 4.98 Å². The number of nitrogens with zero attached hydrogens (tertiary/aromatic N) is 3. The summed E-state index contributed by atoms with van der Waals surface area (Å²) in [5.74, 6) is 0.153. The van der Waals surface area contributed by atoms with E-state index >= 15 is 0 Å². The van der Waals surface area contributed by atoms with E-state index in [9.17, 15) is 4.79 Å². The Morgan fingerprint density at radius 3 is 2.64 bits per heavy atom. The second kappa shape index (κ2) is 14.1. The SMILES string of the molecule is CC.Cn1cnc(Cn2cc(CCN)c3ccc(CNCc4cc5ccccc5[nH]4)cc32)c1.O=C1NCc2cc(O)ccc21. The van der Waals surface area contributed by atoms with Gasteiger partial charge in [-0.2, -0.15) is 0 Å². The van der Waals surface area contributed by atoms with Crippen molar-refractivity contribution in [1.29, 1.82) is 0 Å². The second-order valence-electron chi connectivity index (χ2n) is 10.7. The van der Waals surface area contributed by atoms with Crippen molar-refractivity contribution in [3.63, 3.8) is 0 Å². The van der Waals surface area contributed by atoms with Crippen molar-refractivity contribution in [2.75, 3.05) is 6.54 Å². The number of hydrogen-bond acceptors (Lipinski definition) is 5. The number of phenols is 1. The number of aromatic nitrogens is 4. The molecule has 0 saturated heterocycles. The number of imidazole rings is 1. The van der Waals surface area contributed by atoms with Gasteiger partial charge in [0, 0.05) is 66.8 Å². The van der Waals surface area contributed by atoms with E-state index in [4.69, 9.17) is 10.8 Å². The van der Waals surface area contributed by atoms with Gasteiger partial charge < -0.3 is 35.6 Å². The number of phenolic OH excluding ortho intramolecular Hbond substituents is 1. The fourth-order valence-electron chi connectivity index (χ4n) is 5.52. The lowest BCUT2D eigenvalue weighted by Gasteiger charge is -2.07. The number of fused-ring (bicyclic) bond motifs is 3. The topological polar surface area (TPSA) is 126 Å². The van der Waals surface area contributed by atoms with E-state index in [1.807, 2.05) is 31.8 Å². The maximum Gasteiger partial charge on any atom is 0.251 e. The number of aromatic amines is 1. The first kappa shape index (κ1) is 30.6. The fourth-order valence-corrected chi connectivity index (χ4v) is 5.52. The van der Waals surface area contributed by atoms with E-state index in [1.165, 1.54) is 44.7 Å². The Balaban J connectivity index is 0.000000246. The molecule has 0 bridgehead atoms. The summed E-state index contributed by atoms with van der Waals surface area (Å²) in [5, 5.41) is 17.8. The fraction of sp³-hybridized carbons (Fsp3) is 0.257. The molecule has 9 heteroatoms. The minimum atomic E-state index is -0.0556. The maximum atomic E-state index is 11.0. The highest BCUT2D eigenvalue weighted by Crippen LogP contribution is 2.25. The highest BCUT2D eigenvalue weighted by atomic mass is 16.3. The molecular weight excluding hydrogens is 550 g/mol. The van der Waals surface area contributed by atoms with E-state index in [0.29, 0.717) is 18.7 Å². The lowest BCUT2D eigenvalue weighted by molar-refractivity contribution is 0.0965. The van der Waals surface area contributed by atoms with Crippen molar-refractivity contribution in [3.8, 4) is 5.75 Å². The Kier molecular flexibility index (Phi) is 9.79. The van der Waals surface area contributed by atoms with Crippen molar-refractivity contribution < 1.29 is 9.90 Å². The van der Waals surface area contributed by atoms with Crippen molar-refractivity contribution in [3.05, 3.63) is 119 Å². The summed E-state index contributed by atoms with van der Waals surface area (Å²) in [7, 11) is 2.00. The molecule has 1 aliphatic heterocycles. The molecule has 0 radical (unpaired) electrons. The van der Waals surface area contributed by atoms with Gasteiger partial charge in [0.15, 0.2) is 0 Å². The zero-order chi connectivity index (χ0) is 31.1. The zero-order valence-electron chi connectivity index (χ0n) is 25.6. The molecule has 0 saturated carbocycles. The van der Waals surface area contributed by atoms with Crippen LogP contribution in [0.3, 0.4) is 0 Å². The molecule has 0 unspecified atom stereocenters. The van der Waals surface area contributed by atoms with Crippen LogP contribution in [-0.4, -0.2) is 36.7 Å². The van der Waals surface area contributed by atoms with Gasteiger partial charge in [-0.3, -0.25) is 4.79 Å². The molecule has 9 nitrogen and oxygen atoms in total. The third-order valence-corrected chi connectivity index (χ3v) is 7.54. The Labute approximate surface area is 257 Å². The average molecular weight is 592 g/mol. The summed E-state index contributed by atoms with van der Waals surface area (Å²) in [5.41, 5.74) is 14.6. The van der Waals surface area contributed by atoms with Gasteiger partial charge in [-0.05, 0) is 71.4 Å². The van der Waals surface area contributed by atoms with E-state index < -0.39 is 0 Å². The number of amides is 1. The number of nitrogens with one attached hydrogen (secondary N) is 3. The first-order valence-electron chi connectivity index (χ1n) is 15.1. The van der Waals surface area contributed by atoms with Crippen LogP contribution in [-0.2, 0) is 39.6 Å². The molecule has 6 N–H and O–H groups in total. The molecule has 0 aliphatic carbocycles. The van der Waals surface area contributed by atoms with Crippen LogP contribution in [0, 0.1) is 0 Å². The molecule has 0 spiro atoms. The van der Waals surface area contributed by atoms with Gasteiger partial charge in [0.25, 0.3) is 5.91 Å². The highest BCUT2D eigenvalue weighted by molar-refractivity contribution is 5.98. The Bertz CT molecular complexity index is 1830. The molecule has 7 rings (SSSR count). The van der Waals surface area contributed by atoms with Crippen LogP contribution >= 0.6 is 0 Å². The molecular formula is C35H41N7O2. The number of H-pyrrole nitrogens is 1. The number of aryl methyl sites for hydroxylation is 1.